The van der Waals surface area contributed by atoms with Gasteiger partial charge in [-0.25, -0.2) is 0 Å². The SMILES string of the molecule is CNCCc1cc(OC)cc(OC)c1OC. The van der Waals surface area contributed by atoms with Crippen molar-refractivity contribution in [3.8, 4) is 17.2 Å². The zero-order valence-electron chi connectivity index (χ0n) is 10.3. The van der Waals surface area contributed by atoms with Crippen molar-refractivity contribution in [2.75, 3.05) is 34.9 Å². The van der Waals surface area contributed by atoms with Gasteiger partial charge in [0.2, 0.25) is 0 Å². The molecule has 0 amide bonds. The average molecular weight is 225 g/mol. The molecule has 0 aliphatic rings. The minimum absolute atomic E-state index is 0.702. The molecular formula is C12H19NO3. The first-order chi connectivity index (χ1) is 7.76. The van der Waals surface area contributed by atoms with Crippen LogP contribution in [0.1, 0.15) is 5.56 Å². The molecule has 0 saturated heterocycles. The number of ether oxygens (including phenoxy) is 3. The van der Waals surface area contributed by atoms with Crippen LogP contribution < -0.4 is 19.5 Å². The summed E-state index contributed by atoms with van der Waals surface area (Å²) >= 11 is 0. The van der Waals surface area contributed by atoms with Gasteiger partial charge in [-0.2, -0.15) is 0 Å². The van der Waals surface area contributed by atoms with Gasteiger partial charge in [-0.3, -0.25) is 0 Å². The summed E-state index contributed by atoms with van der Waals surface area (Å²) in [6.45, 7) is 0.882. The van der Waals surface area contributed by atoms with Gasteiger partial charge in [0.1, 0.15) is 5.75 Å². The number of nitrogens with one attached hydrogen (secondary N) is 1. The molecule has 0 unspecified atom stereocenters. The molecule has 1 N–H and O–H groups in total. The molecule has 0 radical (unpaired) electrons. The van der Waals surface area contributed by atoms with E-state index in [1.54, 1.807) is 21.3 Å². The highest BCUT2D eigenvalue weighted by Gasteiger charge is 2.12. The quantitative estimate of drug-likeness (QED) is 0.796. The van der Waals surface area contributed by atoms with Crippen molar-refractivity contribution in [3.05, 3.63) is 17.7 Å². The van der Waals surface area contributed by atoms with Crippen molar-refractivity contribution in [1.82, 2.24) is 5.32 Å². The van der Waals surface area contributed by atoms with Gasteiger partial charge >= 0.3 is 0 Å². The summed E-state index contributed by atoms with van der Waals surface area (Å²) in [6, 6.07) is 3.79. The maximum Gasteiger partial charge on any atom is 0.164 e. The Hall–Kier alpha value is -1.42. The molecule has 4 heteroatoms. The highest BCUT2D eigenvalue weighted by atomic mass is 16.5. The van der Waals surface area contributed by atoms with Gasteiger partial charge in [-0.1, -0.05) is 0 Å². The normalized spacial score (nSPS) is 10.0. The largest absolute Gasteiger partial charge is 0.497 e. The molecule has 0 fully saturated rings. The van der Waals surface area contributed by atoms with Crippen molar-refractivity contribution >= 4 is 0 Å². The van der Waals surface area contributed by atoms with Gasteiger partial charge in [0.15, 0.2) is 11.5 Å². The van der Waals surface area contributed by atoms with Gasteiger partial charge < -0.3 is 19.5 Å². The van der Waals surface area contributed by atoms with Gasteiger partial charge in [0.05, 0.1) is 21.3 Å². The van der Waals surface area contributed by atoms with E-state index in [4.69, 9.17) is 14.2 Å². The van der Waals surface area contributed by atoms with Crippen LogP contribution in [0.25, 0.3) is 0 Å². The summed E-state index contributed by atoms with van der Waals surface area (Å²) in [7, 11) is 6.83. The Morgan fingerprint density at radius 1 is 1.06 bits per heavy atom. The second-order valence-electron chi connectivity index (χ2n) is 3.38. The van der Waals surface area contributed by atoms with Crippen molar-refractivity contribution < 1.29 is 14.2 Å². The Kier molecular flexibility index (Phi) is 4.92. The molecule has 1 rings (SSSR count). The second-order valence-corrected chi connectivity index (χ2v) is 3.38. The van der Waals surface area contributed by atoms with Crippen LogP contribution in [0, 0.1) is 0 Å². The third-order valence-corrected chi connectivity index (χ3v) is 2.41. The number of rotatable bonds is 6. The Labute approximate surface area is 96.5 Å². The van der Waals surface area contributed by atoms with Crippen molar-refractivity contribution in [3.63, 3.8) is 0 Å². The van der Waals surface area contributed by atoms with E-state index in [0.29, 0.717) is 5.75 Å². The molecule has 0 heterocycles. The lowest BCUT2D eigenvalue weighted by atomic mass is 10.1. The first-order valence-electron chi connectivity index (χ1n) is 5.20. The van der Waals surface area contributed by atoms with E-state index in [1.165, 1.54) is 0 Å². The summed E-state index contributed by atoms with van der Waals surface area (Å²) in [5.74, 6) is 2.26. The topological polar surface area (TPSA) is 39.7 Å². The van der Waals surface area contributed by atoms with E-state index in [2.05, 4.69) is 5.32 Å². The van der Waals surface area contributed by atoms with Gasteiger partial charge in [-0.15, -0.1) is 0 Å². The molecule has 4 nitrogen and oxygen atoms in total. The summed E-state index contributed by atoms with van der Waals surface area (Å²) < 4.78 is 15.9. The van der Waals surface area contributed by atoms with E-state index < -0.39 is 0 Å². The van der Waals surface area contributed by atoms with Crippen LogP contribution in [0.3, 0.4) is 0 Å². The second kappa shape index (κ2) is 6.23. The standard InChI is InChI=1S/C12H19NO3/c1-13-6-5-9-7-10(14-2)8-11(15-3)12(9)16-4/h7-8,13H,5-6H2,1-4H3. The maximum atomic E-state index is 5.36. The van der Waals surface area contributed by atoms with Crippen LogP contribution in [0.2, 0.25) is 0 Å². The fourth-order valence-electron chi connectivity index (χ4n) is 1.58. The van der Waals surface area contributed by atoms with Gasteiger partial charge in [0.25, 0.3) is 0 Å². The van der Waals surface area contributed by atoms with E-state index in [-0.39, 0.29) is 0 Å². The Balaban J connectivity index is 3.09. The van der Waals surface area contributed by atoms with Crippen LogP contribution in [0.5, 0.6) is 17.2 Å². The molecular weight excluding hydrogens is 206 g/mol. The number of hydrogen-bond donors (Lipinski definition) is 1. The average Bonchev–Trinajstić information content (AvgIpc) is 2.34. The summed E-state index contributed by atoms with van der Waals surface area (Å²) in [5.41, 5.74) is 1.08. The van der Waals surface area contributed by atoms with Crippen LogP contribution in [-0.4, -0.2) is 34.9 Å². The number of methoxy groups -OCH3 is 3. The monoisotopic (exact) mass is 225 g/mol. The Morgan fingerprint density at radius 2 is 1.81 bits per heavy atom. The maximum absolute atomic E-state index is 5.36. The fraction of sp³-hybridized carbons (Fsp3) is 0.500. The predicted molar refractivity (Wildman–Crippen MR) is 63.7 cm³/mol. The summed E-state index contributed by atoms with van der Waals surface area (Å²) in [4.78, 5) is 0. The van der Waals surface area contributed by atoms with E-state index in [9.17, 15) is 0 Å². The molecule has 0 spiro atoms. The molecule has 16 heavy (non-hydrogen) atoms. The van der Waals surface area contributed by atoms with Gasteiger partial charge in [0, 0.05) is 11.6 Å². The molecule has 0 aliphatic carbocycles. The molecule has 1 aromatic rings. The van der Waals surface area contributed by atoms with E-state index in [1.807, 2.05) is 19.2 Å². The van der Waals surface area contributed by atoms with Crippen LogP contribution in [0.15, 0.2) is 12.1 Å². The summed E-state index contributed by atoms with van der Waals surface area (Å²) in [5, 5.41) is 3.11. The van der Waals surface area contributed by atoms with Crippen molar-refractivity contribution in [2.24, 2.45) is 0 Å². The Bertz CT molecular complexity index is 339. The molecule has 1 aromatic carbocycles. The highest BCUT2D eigenvalue weighted by molar-refractivity contribution is 5.51. The molecule has 0 aliphatic heterocycles. The molecule has 0 bridgehead atoms. The van der Waals surface area contributed by atoms with Crippen molar-refractivity contribution in [2.45, 2.75) is 6.42 Å². The zero-order valence-corrected chi connectivity index (χ0v) is 10.3. The predicted octanol–water partition coefficient (Wildman–Crippen LogP) is 1.47. The minimum Gasteiger partial charge on any atom is -0.497 e. The van der Waals surface area contributed by atoms with E-state index >= 15 is 0 Å². The number of hydrogen-bond acceptors (Lipinski definition) is 4. The highest BCUT2D eigenvalue weighted by Crippen LogP contribution is 2.35. The first kappa shape index (κ1) is 12.6. The molecule has 0 atom stereocenters. The smallest absolute Gasteiger partial charge is 0.164 e. The number of benzene rings is 1. The Morgan fingerprint density at radius 3 is 2.31 bits per heavy atom. The molecule has 90 valence electrons. The minimum atomic E-state index is 0.702. The lowest BCUT2D eigenvalue weighted by Gasteiger charge is -2.14. The van der Waals surface area contributed by atoms with Crippen molar-refractivity contribution in [1.29, 1.82) is 0 Å². The van der Waals surface area contributed by atoms with E-state index in [0.717, 1.165) is 30.0 Å². The first-order valence-corrected chi connectivity index (χ1v) is 5.20. The lowest BCUT2D eigenvalue weighted by molar-refractivity contribution is 0.345. The van der Waals surface area contributed by atoms with Crippen LogP contribution in [-0.2, 0) is 6.42 Å². The molecule has 0 saturated carbocycles. The fourth-order valence-corrected chi connectivity index (χ4v) is 1.58. The number of likely N-dealkylation sites (N-methyl/N-ethyl adjacent to an activating group) is 1. The molecule has 0 aromatic heterocycles. The van der Waals surface area contributed by atoms with Crippen LogP contribution in [0.4, 0.5) is 0 Å². The van der Waals surface area contributed by atoms with Gasteiger partial charge in [-0.05, 0) is 26.1 Å². The lowest BCUT2D eigenvalue weighted by Crippen LogP contribution is -2.11. The zero-order chi connectivity index (χ0) is 12.0. The third-order valence-electron chi connectivity index (χ3n) is 2.41. The summed E-state index contributed by atoms with van der Waals surface area (Å²) in [6.07, 6.45) is 0.868. The third kappa shape index (κ3) is 2.79. The van der Waals surface area contributed by atoms with Crippen LogP contribution >= 0.6 is 0 Å².